The summed E-state index contributed by atoms with van der Waals surface area (Å²) in [5, 5.41) is 7.47. The lowest BCUT2D eigenvalue weighted by Crippen LogP contribution is -2.44. The van der Waals surface area contributed by atoms with Crippen molar-refractivity contribution < 1.29 is 18.4 Å². The molecule has 1 aliphatic rings. The van der Waals surface area contributed by atoms with Gasteiger partial charge in [-0.3, -0.25) is 14.5 Å². The van der Waals surface area contributed by atoms with E-state index < -0.39 is 16.5 Å². The second-order valence-electron chi connectivity index (χ2n) is 10.3. The SMILES string of the molecule is CC[C@@H](C)NC(=O)CN1C(=O)CS[C@@H](c2cccc(F)c2)c2c(C(C)(C)C)nn(-c3ccc(F)cc3)c21. The van der Waals surface area contributed by atoms with Crippen LogP contribution in [-0.4, -0.2) is 39.9 Å². The molecule has 1 N–H and O–H groups in total. The number of carbonyl (C=O) groups is 2. The first-order valence-corrected chi connectivity index (χ1v) is 13.4. The number of halogens is 2. The molecule has 0 saturated carbocycles. The molecule has 2 atom stereocenters. The fraction of sp³-hybridized carbons (Fsp3) is 0.393. The Kier molecular flexibility index (Phi) is 7.73. The van der Waals surface area contributed by atoms with Gasteiger partial charge in [-0.15, -0.1) is 11.8 Å². The smallest absolute Gasteiger partial charge is 0.240 e. The van der Waals surface area contributed by atoms with Gasteiger partial charge in [0.2, 0.25) is 11.8 Å². The first-order valence-electron chi connectivity index (χ1n) is 12.4. The molecule has 37 heavy (non-hydrogen) atoms. The molecule has 2 heterocycles. The van der Waals surface area contributed by atoms with Crippen LogP contribution in [0.4, 0.5) is 14.6 Å². The van der Waals surface area contributed by atoms with Crippen molar-refractivity contribution in [2.24, 2.45) is 0 Å². The summed E-state index contributed by atoms with van der Waals surface area (Å²) >= 11 is 1.38. The topological polar surface area (TPSA) is 67.2 Å². The Balaban J connectivity index is 1.98. The lowest BCUT2D eigenvalue weighted by molar-refractivity contribution is -0.123. The molecule has 0 bridgehead atoms. The third-order valence-corrected chi connectivity index (χ3v) is 7.60. The van der Waals surface area contributed by atoms with Crippen molar-refractivity contribution in [3.8, 4) is 5.69 Å². The summed E-state index contributed by atoms with van der Waals surface area (Å²) in [5.74, 6) is -0.768. The molecule has 9 heteroatoms. The maximum absolute atomic E-state index is 14.3. The number of rotatable bonds is 6. The lowest BCUT2D eigenvalue weighted by Gasteiger charge is -2.25. The minimum Gasteiger partial charge on any atom is -0.352 e. The van der Waals surface area contributed by atoms with E-state index in [-0.39, 0.29) is 36.0 Å². The lowest BCUT2D eigenvalue weighted by atomic mass is 9.87. The molecular weight excluding hydrogens is 494 g/mol. The predicted octanol–water partition coefficient (Wildman–Crippen LogP) is 5.53. The number of carbonyl (C=O) groups excluding carboxylic acids is 2. The van der Waals surface area contributed by atoms with Gasteiger partial charge in [-0.2, -0.15) is 5.10 Å². The van der Waals surface area contributed by atoms with Crippen molar-refractivity contribution >= 4 is 29.4 Å². The Labute approximate surface area is 220 Å². The van der Waals surface area contributed by atoms with Crippen LogP contribution in [-0.2, 0) is 15.0 Å². The standard InChI is InChI=1S/C28H32F2N4O2S/c1-6-17(2)31-22(35)15-33-23(36)16-37-25(18-8-7-9-20(30)14-18)24-26(28(3,4)5)32-34(27(24)33)21-12-10-19(29)11-13-21/h7-14,17,25H,6,15-16H2,1-5H3,(H,31,35)/t17-,25+/m1/s1. The first kappa shape index (κ1) is 26.9. The normalized spacial score (nSPS) is 16.8. The number of amides is 2. The quantitative estimate of drug-likeness (QED) is 0.459. The first-order chi connectivity index (χ1) is 17.5. The summed E-state index contributed by atoms with van der Waals surface area (Å²) in [6.07, 6.45) is 0.754. The van der Waals surface area contributed by atoms with Crippen LogP contribution < -0.4 is 10.2 Å². The summed E-state index contributed by atoms with van der Waals surface area (Å²) in [6, 6.07) is 12.1. The zero-order valence-corrected chi connectivity index (χ0v) is 22.5. The number of hydrogen-bond acceptors (Lipinski definition) is 4. The summed E-state index contributed by atoms with van der Waals surface area (Å²) in [4.78, 5) is 28.0. The second kappa shape index (κ2) is 10.7. The number of fused-ring (bicyclic) bond motifs is 1. The third-order valence-electron chi connectivity index (χ3n) is 6.34. The number of aromatic nitrogens is 2. The zero-order valence-electron chi connectivity index (χ0n) is 21.7. The van der Waals surface area contributed by atoms with Gasteiger partial charge in [-0.1, -0.05) is 39.8 Å². The largest absolute Gasteiger partial charge is 0.352 e. The Hall–Kier alpha value is -3.20. The molecule has 0 aliphatic carbocycles. The van der Waals surface area contributed by atoms with E-state index in [1.54, 1.807) is 22.9 Å². The van der Waals surface area contributed by atoms with E-state index in [0.717, 1.165) is 17.7 Å². The van der Waals surface area contributed by atoms with E-state index in [4.69, 9.17) is 5.10 Å². The fourth-order valence-electron chi connectivity index (χ4n) is 4.33. The van der Waals surface area contributed by atoms with Crippen molar-refractivity contribution in [3.63, 3.8) is 0 Å². The van der Waals surface area contributed by atoms with Crippen LogP contribution in [0, 0.1) is 11.6 Å². The highest BCUT2D eigenvalue weighted by Gasteiger charge is 2.40. The number of nitrogens with one attached hydrogen (secondary N) is 1. The van der Waals surface area contributed by atoms with Crippen LogP contribution in [0.15, 0.2) is 48.5 Å². The van der Waals surface area contributed by atoms with Crippen LogP contribution in [0.25, 0.3) is 5.69 Å². The highest BCUT2D eigenvalue weighted by Crippen LogP contribution is 2.48. The van der Waals surface area contributed by atoms with E-state index in [1.165, 1.54) is 40.9 Å². The van der Waals surface area contributed by atoms with Crippen LogP contribution in [0.2, 0.25) is 0 Å². The Morgan fingerprint density at radius 2 is 1.86 bits per heavy atom. The third kappa shape index (κ3) is 5.71. The maximum atomic E-state index is 14.3. The van der Waals surface area contributed by atoms with Gasteiger partial charge in [-0.25, -0.2) is 13.5 Å². The Morgan fingerprint density at radius 1 is 1.16 bits per heavy atom. The van der Waals surface area contributed by atoms with Gasteiger partial charge in [0.05, 0.1) is 22.4 Å². The predicted molar refractivity (Wildman–Crippen MR) is 143 cm³/mol. The number of thioether (sulfide) groups is 1. The van der Waals surface area contributed by atoms with Crippen molar-refractivity contribution in [3.05, 3.63) is 77.0 Å². The molecule has 4 rings (SSSR count). The maximum Gasteiger partial charge on any atom is 0.240 e. The van der Waals surface area contributed by atoms with Crippen molar-refractivity contribution in [2.75, 3.05) is 17.2 Å². The van der Waals surface area contributed by atoms with E-state index in [0.29, 0.717) is 17.1 Å². The minimum atomic E-state index is -0.445. The Morgan fingerprint density at radius 3 is 2.49 bits per heavy atom. The van der Waals surface area contributed by atoms with Gasteiger partial charge < -0.3 is 5.32 Å². The van der Waals surface area contributed by atoms with Crippen LogP contribution in [0.3, 0.4) is 0 Å². The monoisotopic (exact) mass is 526 g/mol. The van der Waals surface area contributed by atoms with E-state index in [2.05, 4.69) is 5.32 Å². The molecule has 1 aromatic heterocycles. The number of nitrogens with zero attached hydrogens (tertiary/aromatic N) is 3. The molecule has 0 radical (unpaired) electrons. The van der Waals surface area contributed by atoms with E-state index >= 15 is 0 Å². The molecule has 2 amide bonds. The number of anilines is 1. The molecule has 0 fully saturated rings. The summed E-state index contributed by atoms with van der Waals surface area (Å²) in [6.45, 7) is 9.74. The number of benzene rings is 2. The molecular formula is C28H32F2N4O2S. The number of hydrogen-bond donors (Lipinski definition) is 1. The highest BCUT2D eigenvalue weighted by molar-refractivity contribution is 8.00. The van der Waals surface area contributed by atoms with Gasteiger partial charge in [-0.05, 0) is 55.3 Å². The zero-order chi connectivity index (χ0) is 26.9. The summed E-state index contributed by atoms with van der Waals surface area (Å²) in [7, 11) is 0. The van der Waals surface area contributed by atoms with Crippen molar-refractivity contribution in [2.45, 2.75) is 57.7 Å². The van der Waals surface area contributed by atoms with Crippen molar-refractivity contribution in [1.82, 2.24) is 15.1 Å². The van der Waals surface area contributed by atoms with Gasteiger partial charge in [0.15, 0.2) is 0 Å². The molecule has 2 aromatic carbocycles. The average Bonchev–Trinajstić information content (AvgIpc) is 3.17. The molecule has 1 aliphatic heterocycles. The molecule has 0 unspecified atom stereocenters. The minimum absolute atomic E-state index is 0.0457. The van der Waals surface area contributed by atoms with Crippen LogP contribution in [0.1, 0.15) is 63.1 Å². The van der Waals surface area contributed by atoms with Gasteiger partial charge in [0.1, 0.15) is 24.0 Å². The highest BCUT2D eigenvalue weighted by atomic mass is 32.2. The summed E-state index contributed by atoms with van der Waals surface area (Å²) in [5.41, 5.74) is 2.28. The fourth-order valence-corrected chi connectivity index (χ4v) is 5.52. The summed E-state index contributed by atoms with van der Waals surface area (Å²) < 4.78 is 29.7. The molecule has 0 saturated heterocycles. The average molecular weight is 527 g/mol. The van der Waals surface area contributed by atoms with E-state index in [1.807, 2.05) is 40.7 Å². The Bertz CT molecular complexity index is 1300. The second-order valence-corrected chi connectivity index (χ2v) is 11.4. The van der Waals surface area contributed by atoms with Gasteiger partial charge in [0.25, 0.3) is 0 Å². The van der Waals surface area contributed by atoms with Crippen LogP contribution >= 0.6 is 11.8 Å². The molecule has 3 aromatic rings. The van der Waals surface area contributed by atoms with Crippen molar-refractivity contribution in [1.29, 1.82) is 0 Å². The van der Waals surface area contributed by atoms with Gasteiger partial charge >= 0.3 is 0 Å². The van der Waals surface area contributed by atoms with Gasteiger partial charge in [0, 0.05) is 17.0 Å². The molecule has 0 spiro atoms. The van der Waals surface area contributed by atoms with Crippen LogP contribution in [0.5, 0.6) is 0 Å². The molecule has 196 valence electrons. The van der Waals surface area contributed by atoms with E-state index in [9.17, 15) is 18.4 Å². The molecule has 6 nitrogen and oxygen atoms in total.